The number of nitrogens with two attached hydrogens (primary N) is 1. The number of nitrogens with zero attached hydrogens (tertiary/aromatic N) is 1. The molecule has 2 amide bonds. The molecule has 0 fully saturated rings. The molecule has 1 aromatic rings. The summed E-state index contributed by atoms with van der Waals surface area (Å²) in [6.07, 6.45) is 2.51. The molecule has 0 aliphatic rings. The van der Waals surface area contributed by atoms with Crippen LogP contribution in [0.4, 0.5) is 5.69 Å². The van der Waals surface area contributed by atoms with Gasteiger partial charge < -0.3 is 16.4 Å². The Bertz CT molecular complexity index is 409. The number of rotatable bonds is 6. The second-order valence-electron chi connectivity index (χ2n) is 3.89. The van der Waals surface area contributed by atoms with Crippen LogP contribution in [0.2, 0.25) is 0 Å². The highest BCUT2D eigenvalue weighted by Gasteiger charge is 2.06. The van der Waals surface area contributed by atoms with E-state index in [1.54, 1.807) is 12.1 Å². The molecule has 0 radical (unpaired) electrons. The van der Waals surface area contributed by atoms with Gasteiger partial charge in [-0.25, -0.2) is 0 Å². The average molecular weight is 287 g/mol. The van der Waals surface area contributed by atoms with Crippen LogP contribution < -0.4 is 16.4 Å². The summed E-state index contributed by atoms with van der Waals surface area (Å²) in [7, 11) is 0. The van der Waals surface area contributed by atoms with E-state index in [0.717, 1.165) is 6.42 Å². The van der Waals surface area contributed by atoms with Gasteiger partial charge in [-0.05, 0) is 18.6 Å². The number of halogens is 1. The largest absolute Gasteiger partial charge is 0.397 e. The molecule has 1 rings (SSSR count). The normalized spacial score (nSPS) is 9.32. The Kier molecular flexibility index (Phi) is 8.28. The summed E-state index contributed by atoms with van der Waals surface area (Å²) in [4.78, 5) is 26.8. The Labute approximate surface area is 118 Å². The number of nitrogens with one attached hydrogen (secondary N) is 2. The second-order valence-corrected chi connectivity index (χ2v) is 3.89. The first-order chi connectivity index (χ1) is 8.61. The van der Waals surface area contributed by atoms with Crippen LogP contribution in [-0.4, -0.2) is 29.9 Å². The summed E-state index contributed by atoms with van der Waals surface area (Å²) < 4.78 is 0. The SMILES string of the molecule is CCCNC(=O)CNC(=O)Cc1ccc(N)cn1.Cl. The van der Waals surface area contributed by atoms with Crippen molar-refractivity contribution in [3.63, 3.8) is 0 Å². The van der Waals surface area contributed by atoms with E-state index in [4.69, 9.17) is 5.73 Å². The highest BCUT2D eigenvalue weighted by Crippen LogP contribution is 2.01. The summed E-state index contributed by atoms with van der Waals surface area (Å²) >= 11 is 0. The third-order valence-electron chi connectivity index (χ3n) is 2.21. The zero-order valence-electron chi connectivity index (χ0n) is 10.8. The zero-order valence-corrected chi connectivity index (χ0v) is 11.6. The summed E-state index contributed by atoms with van der Waals surface area (Å²) in [5.74, 6) is -0.422. The molecule has 0 aliphatic carbocycles. The molecular weight excluding hydrogens is 268 g/mol. The minimum Gasteiger partial charge on any atom is -0.397 e. The van der Waals surface area contributed by atoms with Crippen molar-refractivity contribution < 1.29 is 9.59 Å². The number of nitrogen functional groups attached to an aromatic ring is 1. The lowest BCUT2D eigenvalue weighted by Gasteiger charge is -2.05. The number of anilines is 1. The van der Waals surface area contributed by atoms with Gasteiger partial charge in [0.1, 0.15) is 0 Å². The van der Waals surface area contributed by atoms with Gasteiger partial charge in [-0.15, -0.1) is 12.4 Å². The van der Waals surface area contributed by atoms with Gasteiger partial charge in [0.15, 0.2) is 0 Å². The van der Waals surface area contributed by atoms with E-state index in [2.05, 4.69) is 15.6 Å². The van der Waals surface area contributed by atoms with Crippen molar-refractivity contribution >= 4 is 29.9 Å². The molecule has 0 atom stereocenters. The molecule has 19 heavy (non-hydrogen) atoms. The molecule has 0 spiro atoms. The number of carbonyl (C=O) groups excluding carboxylic acids is 2. The van der Waals surface area contributed by atoms with Crippen LogP contribution in [0.3, 0.4) is 0 Å². The minimum absolute atomic E-state index is 0. The third-order valence-corrected chi connectivity index (χ3v) is 2.21. The predicted octanol–water partition coefficient (Wildman–Crippen LogP) is 0.270. The Morgan fingerprint density at radius 2 is 2.00 bits per heavy atom. The van der Waals surface area contributed by atoms with Gasteiger partial charge in [0.05, 0.1) is 24.8 Å². The van der Waals surface area contributed by atoms with E-state index in [-0.39, 0.29) is 37.2 Å². The molecule has 1 aromatic heterocycles. The van der Waals surface area contributed by atoms with Crippen molar-refractivity contribution in [1.82, 2.24) is 15.6 Å². The highest BCUT2D eigenvalue weighted by molar-refractivity contribution is 5.85. The third kappa shape index (κ3) is 7.25. The van der Waals surface area contributed by atoms with Crippen LogP contribution in [0, 0.1) is 0 Å². The van der Waals surface area contributed by atoms with E-state index in [1.165, 1.54) is 6.20 Å². The van der Waals surface area contributed by atoms with Crippen molar-refractivity contribution in [3.05, 3.63) is 24.0 Å². The van der Waals surface area contributed by atoms with Gasteiger partial charge in [-0.1, -0.05) is 6.92 Å². The minimum atomic E-state index is -0.237. The summed E-state index contributed by atoms with van der Waals surface area (Å²) in [5, 5.41) is 5.21. The second kappa shape index (κ2) is 9.16. The van der Waals surface area contributed by atoms with Crippen LogP contribution in [0.5, 0.6) is 0 Å². The Hall–Kier alpha value is -1.82. The van der Waals surface area contributed by atoms with Crippen LogP contribution >= 0.6 is 12.4 Å². The quantitative estimate of drug-likeness (QED) is 0.699. The van der Waals surface area contributed by atoms with Crippen molar-refractivity contribution in [2.24, 2.45) is 0 Å². The number of carbonyl (C=O) groups is 2. The van der Waals surface area contributed by atoms with Crippen molar-refractivity contribution in [1.29, 1.82) is 0 Å². The van der Waals surface area contributed by atoms with Crippen molar-refractivity contribution in [3.8, 4) is 0 Å². The van der Waals surface area contributed by atoms with E-state index in [9.17, 15) is 9.59 Å². The summed E-state index contributed by atoms with van der Waals surface area (Å²) in [6.45, 7) is 2.58. The molecule has 4 N–H and O–H groups in total. The number of aromatic nitrogens is 1. The fourth-order valence-electron chi connectivity index (χ4n) is 1.27. The molecule has 0 saturated carbocycles. The Morgan fingerprint density at radius 3 is 2.58 bits per heavy atom. The Balaban J connectivity index is 0.00000324. The first-order valence-corrected chi connectivity index (χ1v) is 5.85. The topological polar surface area (TPSA) is 97.1 Å². The maximum atomic E-state index is 11.5. The van der Waals surface area contributed by atoms with Gasteiger partial charge in [-0.3, -0.25) is 14.6 Å². The molecule has 0 aliphatic heterocycles. The van der Waals surface area contributed by atoms with Gasteiger partial charge >= 0.3 is 0 Å². The monoisotopic (exact) mass is 286 g/mol. The van der Waals surface area contributed by atoms with Gasteiger partial charge in [0.2, 0.25) is 11.8 Å². The molecule has 7 heteroatoms. The zero-order chi connectivity index (χ0) is 13.4. The molecule has 6 nitrogen and oxygen atoms in total. The summed E-state index contributed by atoms with van der Waals surface area (Å²) in [6, 6.07) is 3.37. The number of amides is 2. The van der Waals surface area contributed by atoms with Crippen molar-refractivity contribution in [2.75, 3.05) is 18.8 Å². The molecule has 0 unspecified atom stereocenters. The maximum absolute atomic E-state index is 11.5. The number of pyridine rings is 1. The van der Waals surface area contributed by atoms with E-state index in [1.807, 2.05) is 6.92 Å². The summed E-state index contributed by atoms with van der Waals surface area (Å²) in [5.41, 5.74) is 6.66. The van der Waals surface area contributed by atoms with Crippen molar-refractivity contribution in [2.45, 2.75) is 19.8 Å². The van der Waals surface area contributed by atoms with E-state index < -0.39 is 0 Å². The van der Waals surface area contributed by atoms with Crippen LogP contribution in [0.15, 0.2) is 18.3 Å². The lowest BCUT2D eigenvalue weighted by Crippen LogP contribution is -2.37. The number of hydrogen-bond donors (Lipinski definition) is 3. The van der Waals surface area contributed by atoms with Gasteiger partial charge in [0, 0.05) is 12.2 Å². The van der Waals surface area contributed by atoms with Crippen LogP contribution in [0.1, 0.15) is 19.0 Å². The highest BCUT2D eigenvalue weighted by atomic mass is 35.5. The van der Waals surface area contributed by atoms with Crippen LogP contribution in [0.25, 0.3) is 0 Å². The standard InChI is InChI=1S/C12H18N4O2.ClH/c1-2-5-14-12(18)8-16-11(17)6-10-4-3-9(13)7-15-10;/h3-4,7H,2,5-6,8,13H2,1H3,(H,14,18)(H,16,17);1H. The fraction of sp³-hybridized carbons (Fsp3) is 0.417. The van der Waals surface area contributed by atoms with Gasteiger partial charge in [0.25, 0.3) is 0 Å². The molecule has 1 heterocycles. The first kappa shape index (κ1) is 17.2. The van der Waals surface area contributed by atoms with E-state index >= 15 is 0 Å². The molecule has 0 saturated heterocycles. The predicted molar refractivity (Wildman–Crippen MR) is 75.9 cm³/mol. The smallest absolute Gasteiger partial charge is 0.239 e. The Morgan fingerprint density at radius 1 is 1.26 bits per heavy atom. The fourth-order valence-corrected chi connectivity index (χ4v) is 1.27. The molecule has 0 bridgehead atoms. The molecule has 0 aromatic carbocycles. The van der Waals surface area contributed by atoms with Gasteiger partial charge in [-0.2, -0.15) is 0 Å². The lowest BCUT2D eigenvalue weighted by molar-refractivity contribution is -0.125. The molecule has 106 valence electrons. The number of hydrogen-bond acceptors (Lipinski definition) is 4. The van der Waals surface area contributed by atoms with E-state index in [0.29, 0.717) is 17.9 Å². The lowest BCUT2D eigenvalue weighted by atomic mass is 10.2. The average Bonchev–Trinajstić information content (AvgIpc) is 2.36. The molecular formula is C12H19ClN4O2. The van der Waals surface area contributed by atoms with Crippen LogP contribution in [-0.2, 0) is 16.0 Å². The maximum Gasteiger partial charge on any atom is 0.239 e. The first-order valence-electron chi connectivity index (χ1n) is 5.85.